The summed E-state index contributed by atoms with van der Waals surface area (Å²) in [6, 6.07) is 5.81. The predicted molar refractivity (Wildman–Crippen MR) is 107 cm³/mol. The number of aryl methyl sites for hydroxylation is 2. The molecular formula is C19H17F3N6OS. The predicted octanol–water partition coefficient (Wildman–Crippen LogP) is 4.33. The van der Waals surface area contributed by atoms with Crippen molar-refractivity contribution in [3.63, 3.8) is 0 Å². The quantitative estimate of drug-likeness (QED) is 0.519. The summed E-state index contributed by atoms with van der Waals surface area (Å²) in [6.45, 7) is 3.73. The molecule has 4 heterocycles. The molecule has 0 saturated heterocycles. The fourth-order valence-electron chi connectivity index (χ4n) is 2.93. The zero-order chi connectivity index (χ0) is 21.6. The number of halogens is 3. The molecule has 0 aliphatic rings. The number of amides is 1. The third-order valence-electron chi connectivity index (χ3n) is 4.70. The number of aromatic nitrogens is 5. The summed E-state index contributed by atoms with van der Waals surface area (Å²) >= 11 is 1.38. The maximum atomic E-state index is 13.7. The number of nitrogens with zero attached hydrogens (tertiary/aromatic N) is 5. The van der Waals surface area contributed by atoms with Gasteiger partial charge < -0.3 is 5.32 Å². The average Bonchev–Trinajstić information content (AvgIpc) is 3.41. The van der Waals surface area contributed by atoms with Crippen LogP contribution >= 0.6 is 11.3 Å². The number of nitrogens with one attached hydrogen (secondary N) is 1. The van der Waals surface area contributed by atoms with E-state index >= 15 is 0 Å². The van der Waals surface area contributed by atoms with E-state index in [-0.39, 0.29) is 17.0 Å². The molecule has 0 aliphatic heterocycles. The molecule has 4 rings (SSSR count). The highest BCUT2D eigenvalue weighted by Gasteiger charge is 2.36. The average molecular weight is 434 g/mol. The Morgan fingerprint density at radius 3 is 2.63 bits per heavy atom. The van der Waals surface area contributed by atoms with Crippen LogP contribution in [0.25, 0.3) is 16.2 Å². The lowest BCUT2D eigenvalue weighted by Gasteiger charge is -2.10. The Morgan fingerprint density at radius 1 is 1.27 bits per heavy atom. The summed E-state index contributed by atoms with van der Waals surface area (Å²) < 4.78 is 43.3. The van der Waals surface area contributed by atoms with E-state index in [1.54, 1.807) is 24.7 Å². The number of fused-ring (bicyclic) bond motifs is 1. The smallest absolute Gasteiger partial charge is 0.318 e. The van der Waals surface area contributed by atoms with Crippen LogP contribution in [0, 0.1) is 6.92 Å². The number of thiophene rings is 1. The number of carbonyl (C=O) groups is 1. The fraction of sp³-hybridized carbons (Fsp3) is 0.263. The molecule has 4 aromatic heterocycles. The third-order valence-corrected chi connectivity index (χ3v) is 5.95. The van der Waals surface area contributed by atoms with E-state index in [1.165, 1.54) is 23.6 Å². The molecular weight excluding hydrogens is 417 g/mol. The highest BCUT2D eigenvalue weighted by molar-refractivity contribution is 7.15. The van der Waals surface area contributed by atoms with Gasteiger partial charge in [-0.25, -0.2) is 9.50 Å². The van der Waals surface area contributed by atoms with Gasteiger partial charge in [0.15, 0.2) is 17.0 Å². The zero-order valence-electron chi connectivity index (χ0n) is 16.3. The SMILES string of the molecule is CCc1ccc(-c2cc(C(F)(F)F)n3nc(C(=O)Nc4cnn(C)c4C)cc3n2)s1. The van der Waals surface area contributed by atoms with Crippen molar-refractivity contribution >= 4 is 28.6 Å². The van der Waals surface area contributed by atoms with Gasteiger partial charge in [0, 0.05) is 18.0 Å². The first-order chi connectivity index (χ1) is 14.2. The lowest BCUT2D eigenvalue weighted by atomic mass is 10.2. The minimum Gasteiger partial charge on any atom is -0.318 e. The Labute approximate surface area is 173 Å². The summed E-state index contributed by atoms with van der Waals surface area (Å²) in [5.74, 6) is -0.643. The second-order valence-electron chi connectivity index (χ2n) is 6.66. The van der Waals surface area contributed by atoms with Crippen LogP contribution < -0.4 is 5.32 Å². The van der Waals surface area contributed by atoms with Crippen molar-refractivity contribution < 1.29 is 18.0 Å². The molecule has 0 bridgehead atoms. The third kappa shape index (κ3) is 3.56. The molecule has 11 heteroatoms. The Hall–Kier alpha value is -3.21. The molecule has 0 atom stereocenters. The van der Waals surface area contributed by atoms with Crippen LogP contribution in [0.5, 0.6) is 0 Å². The molecule has 0 radical (unpaired) electrons. The number of carbonyl (C=O) groups excluding carboxylic acids is 1. The number of alkyl halides is 3. The first-order valence-corrected chi connectivity index (χ1v) is 9.86. The number of hydrogen-bond donors (Lipinski definition) is 1. The normalized spacial score (nSPS) is 11.9. The minimum absolute atomic E-state index is 0.0562. The van der Waals surface area contributed by atoms with E-state index in [9.17, 15) is 18.0 Å². The first-order valence-electron chi connectivity index (χ1n) is 9.04. The molecule has 0 aliphatic carbocycles. The van der Waals surface area contributed by atoms with Crippen LogP contribution in [0.15, 0.2) is 30.5 Å². The van der Waals surface area contributed by atoms with Gasteiger partial charge >= 0.3 is 6.18 Å². The molecule has 0 unspecified atom stereocenters. The van der Waals surface area contributed by atoms with Crippen LogP contribution in [0.1, 0.15) is 33.7 Å². The van der Waals surface area contributed by atoms with E-state index in [0.29, 0.717) is 20.8 Å². The maximum Gasteiger partial charge on any atom is 0.433 e. The molecule has 156 valence electrons. The summed E-state index contributed by atoms with van der Waals surface area (Å²) in [7, 11) is 1.71. The molecule has 0 saturated carbocycles. The van der Waals surface area contributed by atoms with Crippen molar-refractivity contribution in [3.05, 3.63) is 52.4 Å². The lowest BCUT2D eigenvalue weighted by Crippen LogP contribution is -2.16. The van der Waals surface area contributed by atoms with Gasteiger partial charge in [-0.15, -0.1) is 11.3 Å². The van der Waals surface area contributed by atoms with Gasteiger partial charge in [-0.3, -0.25) is 9.48 Å². The monoisotopic (exact) mass is 434 g/mol. The highest BCUT2D eigenvalue weighted by Crippen LogP contribution is 2.34. The van der Waals surface area contributed by atoms with E-state index in [1.807, 2.05) is 13.0 Å². The molecule has 30 heavy (non-hydrogen) atoms. The number of hydrogen-bond acceptors (Lipinski definition) is 5. The standard InChI is InChI=1S/C19H17F3N6OS/c1-4-11-5-6-15(30-11)12-7-16(19(20,21)22)28-17(24-12)8-13(26-28)18(29)25-14-9-23-27(3)10(14)2/h5-9H,4H2,1-3H3,(H,25,29). The fourth-order valence-corrected chi connectivity index (χ4v) is 3.84. The van der Waals surface area contributed by atoms with Gasteiger partial charge in [0.2, 0.25) is 0 Å². The maximum absolute atomic E-state index is 13.7. The highest BCUT2D eigenvalue weighted by atomic mass is 32.1. The van der Waals surface area contributed by atoms with E-state index < -0.39 is 17.8 Å². The Bertz CT molecular complexity index is 1250. The first kappa shape index (κ1) is 20.1. The van der Waals surface area contributed by atoms with Gasteiger partial charge in [0.25, 0.3) is 5.91 Å². The van der Waals surface area contributed by atoms with Gasteiger partial charge in [-0.05, 0) is 31.5 Å². The molecule has 1 N–H and O–H groups in total. The van der Waals surface area contributed by atoms with Crippen LogP contribution in [0.4, 0.5) is 18.9 Å². The molecule has 4 aromatic rings. The Kier molecular flexibility index (Phi) is 4.85. The topological polar surface area (TPSA) is 77.1 Å². The molecule has 0 fully saturated rings. The molecule has 7 nitrogen and oxygen atoms in total. The van der Waals surface area contributed by atoms with Crippen molar-refractivity contribution in [3.8, 4) is 10.6 Å². The summed E-state index contributed by atoms with van der Waals surface area (Å²) in [4.78, 5) is 18.6. The Balaban J connectivity index is 1.78. The van der Waals surface area contributed by atoms with Crippen molar-refractivity contribution in [2.75, 3.05) is 5.32 Å². The van der Waals surface area contributed by atoms with E-state index in [0.717, 1.165) is 17.4 Å². The van der Waals surface area contributed by atoms with Crippen LogP contribution in [-0.2, 0) is 19.6 Å². The number of anilines is 1. The van der Waals surface area contributed by atoms with Crippen LogP contribution in [0.2, 0.25) is 0 Å². The van der Waals surface area contributed by atoms with Crippen molar-refractivity contribution in [1.82, 2.24) is 24.4 Å². The second-order valence-corrected chi connectivity index (χ2v) is 7.83. The van der Waals surface area contributed by atoms with Gasteiger partial charge in [0.05, 0.1) is 28.1 Å². The largest absolute Gasteiger partial charge is 0.433 e. The molecule has 0 aromatic carbocycles. The van der Waals surface area contributed by atoms with Crippen molar-refractivity contribution in [1.29, 1.82) is 0 Å². The van der Waals surface area contributed by atoms with Crippen molar-refractivity contribution in [2.24, 2.45) is 7.05 Å². The second kappa shape index (κ2) is 7.24. The van der Waals surface area contributed by atoms with Gasteiger partial charge in [0.1, 0.15) is 0 Å². The summed E-state index contributed by atoms with van der Waals surface area (Å²) in [5, 5.41) is 10.5. The van der Waals surface area contributed by atoms with Gasteiger partial charge in [-0.1, -0.05) is 6.92 Å². The van der Waals surface area contributed by atoms with E-state index in [4.69, 9.17) is 0 Å². The van der Waals surface area contributed by atoms with Crippen molar-refractivity contribution in [2.45, 2.75) is 26.4 Å². The van der Waals surface area contributed by atoms with Gasteiger partial charge in [-0.2, -0.15) is 23.4 Å². The van der Waals surface area contributed by atoms with E-state index in [2.05, 4.69) is 20.5 Å². The minimum atomic E-state index is -4.67. The van der Waals surface area contributed by atoms with Crippen LogP contribution in [0.3, 0.4) is 0 Å². The Morgan fingerprint density at radius 2 is 2.03 bits per heavy atom. The lowest BCUT2D eigenvalue weighted by molar-refractivity contribution is -0.142. The summed E-state index contributed by atoms with van der Waals surface area (Å²) in [5.41, 5.74) is 0.121. The summed E-state index contributed by atoms with van der Waals surface area (Å²) in [6.07, 6.45) is -2.42. The molecule has 0 spiro atoms. The van der Waals surface area contributed by atoms with Crippen LogP contribution in [-0.4, -0.2) is 30.3 Å². The zero-order valence-corrected chi connectivity index (χ0v) is 17.1. The number of rotatable bonds is 4. The molecule has 1 amide bonds.